The van der Waals surface area contributed by atoms with Crippen molar-refractivity contribution in [1.82, 2.24) is 4.90 Å². The van der Waals surface area contributed by atoms with Crippen LogP contribution in [0.2, 0.25) is 0 Å². The molecule has 1 fully saturated rings. The van der Waals surface area contributed by atoms with Gasteiger partial charge in [0, 0.05) is 46.2 Å². The molecule has 0 spiro atoms. The molecular weight excluding hydrogens is 359 g/mol. The summed E-state index contributed by atoms with van der Waals surface area (Å²) in [4.78, 5) is 24.6. The Hall–Kier alpha value is -0.416. The van der Waals surface area contributed by atoms with E-state index in [0.717, 1.165) is 12.8 Å². The topological polar surface area (TPSA) is 55.8 Å². The molecule has 1 aliphatic rings. The Bertz CT molecular complexity index is 415. The van der Waals surface area contributed by atoms with Crippen LogP contribution in [-0.2, 0) is 47.0 Å². The van der Waals surface area contributed by atoms with Crippen LogP contribution in [0.3, 0.4) is 0 Å². The smallest absolute Gasteiger partial charge is 0.407 e. The van der Waals surface area contributed by atoms with E-state index in [0.29, 0.717) is 19.7 Å². The first-order valence-corrected chi connectivity index (χ1v) is 7.28. The molecule has 1 aliphatic heterocycles. The quantitative estimate of drug-likeness (QED) is 0.417. The number of amides is 1. The van der Waals surface area contributed by atoms with E-state index >= 15 is 0 Å². The minimum absolute atomic E-state index is 0. The number of hydrogen-bond donors (Lipinski definition) is 0. The Labute approximate surface area is 158 Å². The number of hydrogen-bond acceptors (Lipinski definition) is 4. The van der Waals surface area contributed by atoms with Gasteiger partial charge in [-0.2, -0.15) is 13.3 Å². The van der Waals surface area contributed by atoms with Gasteiger partial charge in [-0.1, -0.05) is 18.2 Å². The van der Waals surface area contributed by atoms with E-state index in [2.05, 4.69) is 0 Å². The molecule has 1 heterocycles. The number of ether oxygens (including phenoxy) is 2. The molecule has 0 aliphatic carbocycles. The minimum Gasteiger partial charge on any atom is -0.462 e. The van der Waals surface area contributed by atoms with Gasteiger partial charge in [0.15, 0.2) is 0 Å². The molecular formula is C16H26NO4Y-. The second-order valence-electron chi connectivity index (χ2n) is 6.45. The summed E-state index contributed by atoms with van der Waals surface area (Å²) in [6.07, 6.45) is 3.27. The van der Waals surface area contributed by atoms with E-state index in [1.807, 2.05) is 33.8 Å². The molecule has 0 bridgehead atoms. The average Bonchev–Trinajstić information content (AvgIpc) is 2.48. The Morgan fingerprint density at radius 1 is 1.36 bits per heavy atom. The molecule has 6 heteroatoms. The second kappa shape index (κ2) is 9.66. The van der Waals surface area contributed by atoms with E-state index in [4.69, 9.17) is 9.47 Å². The van der Waals surface area contributed by atoms with Gasteiger partial charge in [0.2, 0.25) is 0 Å². The van der Waals surface area contributed by atoms with Crippen molar-refractivity contribution in [1.29, 1.82) is 0 Å². The molecule has 1 rings (SSSR count). The van der Waals surface area contributed by atoms with Crippen molar-refractivity contribution in [2.24, 2.45) is 0 Å². The van der Waals surface area contributed by atoms with Crippen LogP contribution in [0, 0.1) is 5.92 Å². The van der Waals surface area contributed by atoms with Gasteiger partial charge < -0.3 is 14.4 Å². The van der Waals surface area contributed by atoms with Crippen LogP contribution in [-0.4, -0.2) is 42.3 Å². The molecule has 0 aromatic carbocycles. The summed E-state index contributed by atoms with van der Waals surface area (Å²) < 4.78 is 10.3. The van der Waals surface area contributed by atoms with E-state index in [1.165, 1.54) is 18.4 Å². The zero-order chi connectivity index (χ0) is 16.0. The van der Waals surface area contributed by atoms with Crippen molar-refractivity contribution in [2.45, 2.75) is 53.1 Å². The largest absolute Gasteiger partial charge is 0.462 e. The van der Waals surface area contributed by atoms with Crippen molar-refractivity contribution in [3.05, 3.63) is 17.6 Å². The predicted molar refractivity (Wildman–Crippen MR) is 80.7 cm³/mol. The molecule has 0 aromatic heterocycles. The summed E-state index contributed by atoms with van der Waals surface area (Å²) in [6, 6.07) is 0. The van der Waals surface area contributed by atoms with Crippen LogP contribution in [0.5, 0.6) is 0 Å². The van der Waals surface area contributed by atoms with Gasteiger partial charge in [-0.05, 0) is 27.2 Å². The summed E-state index contributed by atoms with van der Waals surface area (Å²) in [7, 11) is 0. The maximum atomic E-state index is 12.1. The fourth-order valence-corrected chi connectivity index (χ4v) is 2.15. The number of likely N-dealkylation sites (tertiary alicyclic amines) is 1. The van der Waals surface area contributed by atoms with Gasteiger partial charge in [-0.25, -0.2) is 4.79 Å². The third kappa shape index (κ3) is 8.89. The monoisotopic (exact) mass is 385 g/mol. The second-order valence-corrected chi connectivity index (χ2v) is 6.45. The van der Waals surface area contributed by atoms with Gasteiger partial charge in [0.1, 0.15) is 12.2 Å². The standard InChI is InChI=1S/C16H26NO4.Y/c1-12-10-14(7-9-20-13(2)18)6-8-17(11-12)15(19)21-16(3,4)5;/h7H,6,8-11H2,1-5H3;/q-1;/b14-7-;. The van der Waals surface area contributed by atoms with Crippen molar-refractivity contribution < 1.29 is 51.8 Å². The maximum absolute atomic E-state index is 12.1. The number of rotatable bonds is 2. The molecule has 123 valence electrons. The third-order valence-electron chi connectivity index (χ3n) is 3.00. The molecule has 1 amide bonds. The van der Waals surface area contributed by atoms with Crippen molar-refractivity contribution in [3.8, 4) is 0 Å². The first kappa shape index (κ1) is 21.6. The summed E-state index contributed by atoms with van der Waals surface area (Å²) >= 11 is 0. The minimum atomic E-state index is -0.481. The first-order chi connectivity index (χ1) is 9.67. The SMILES string of the molecule is CC(=O)OC/C=C1/CCN(C(=O)OC(C)(C)C)C[C-](C)C1.[Y]. The van der Waals surface area contributed by atoms with Gasteiger partial charge in [0.05, 0.1) is 0 Å². The van der Waals surface area contributed by atoms with Crippen LogP contribution in [0.15, 0.2) is 11.6 Å². The molecule has 1 radical (unpaired) electrons. The predicted octanol–water partition coefficient (Wildman–Crippen LogP) is 3.10. The fourth-order valence-electron chi connectivity index (χ4n) is 2.15. The van der Waals surface area contributed by atoms with E-state index in [-0.39, 0.29) is 44.8 Å². The van der Waals surface area contributed by atoms with Crippen LogP contribution < -0.4 is 0 Å². The zero-order valence-electron chi connectivity index (χ0n) is 14.3. The first-order valence-electron chi connectivity index (χ1n) is 7.28. The van der Waals surface area contributed by atoms with Gasteiger partial charge in [-0.15, -0.1) is 0 Å². The van der Waals surface area contributed by atoms with Crippen LogP contribution in [0.25, 0.3) is 0 Å². The van der Waals surface area contributed by atoms with Crippen molar-refractivity contribution in [3.63, 3.8) is 0 Å². The molecule has 0 aromatic rings. The molecule has 5 nitrogen and oxygen atoms in total. The zero-order valence-corrected chi connectivity index (χ0v) is 17.1. The van der Waals surface area contributed by atoms with Crippen molar-refractivity contribution in [2.75, 3.05) is 19.7 Å². The summed E-state index contributed by atoms with van der Waals surface area (Å²) in [5.74, 6) is 0.920. The number of nitrogens with zero attached hydrogens (tertiary/aromatic N) is 1. The summed E-state index contributed by atoms with van der Waals surface area (Å²) in [6.45, 7) is 10.6. The average molecular weight is 385 g/mol. The van der Waals surface area contributed by atoms with E-state index in [1.54, 1.807) is 4.90 Å². The Kier molecular flexibility index (Phi) is 9.48. The summed E-state index contributed by atoms with van der Waals surface area (Å²) in [5, 5.41) is 0. The Morgan fingerprint density at radius 3 is 2.55 bits per heavy atom. The van der Waals surface area contributed by atoms with Gasteiger partial charge in [-0.3, -0.25) is 10.7 Å². The van der Waals surface area contributed by atoms with Crippen LogP contribution >= 0.6 is 0 Å². The number of esters is 1. The molecule has 0 saturated carbocycles. The van der Waals surface area contributed by atoms with Crippen LogP contribution in [0.4, 0.5) is 4.79 Å². The summed E-state index contributed by atoms with van der Waals surface area (Å²) in [5.41, 5.74) is 0.713. The van der Waals surface area contributed by atoms with Crippen LogP contribution in [0.1, 0.15) is 47.5 Å². The normalized spacial score (nSPS) is 18.4. The van der Waals surface area contributed by atoms with E-state index < -0.39 is 5.60 Å². The van der Waals surface area contributed by atoms with Gasteiger partial charge in [0.25, 0.3) is 0 Å². The molecule has 22 heavy (non-hydrogen) atoms. The number of carbonyl (C=O) groups is 2. The Morgan fingerprint density at radius 2 is 2.00 bits per heavy atom. The third-order valence-corrected chi connectivity index (χ3v) is 3.00. The van der Waals surface area contributed by atoms with Crippen molar-refractivity contribution >= 4 is 12.1 Å². The fraction of sp³-hybridized carbons (Fsp3) is 0.688. The van der Waals surface area contributed by atoms with E-state index in [9.17, 15) is 9.59 Å². The van der Waals surface area contributed by atoms with Gasteiger partial charge >= 0.3 is 12.1 Å². The molecule has 0 unspecified atom stereocenters. The maximum Gasteiger partial charge on any atom is 0.407 e. The number of carbonyl (C=O) groups excluding carboxylic acids is 2. The Balaban J connectivity index is 0.00000441. The molecule has 1 saturated heterocycles. The molecule has 0 N–H and O–H groups in total. The molecule has 0 atom stereocenters.